The summed E-state index contributed by atoms with van der Waals surface area (Å²) in [5.41, 5.74) is 1.09. The zero-order valence-corrected chi connectivity index (χ0v) is 12.4. The number of hydrogen-bond donors (Lipinski definition) is 0. The molecule has 1 aromatic rings. The highest BCUT2D eigenvalue weighted by Crippen LogP contribution is 2.17. The van der Waals surface area contributed by atoms with Gasteiger partial charge in [0.05, 0.1) is 5.69 Å². The van der Waals surface area contributed by atoms with Crippen LogP contribution >= 0.6 is 0 Å². The summed E-state index contributed by atoms with van der Waals surface area (Å²) in [6, 6.07) is 0. The number of hydrogen-bond acceptors (Lipinski definition) is 5. The summed E-state index contributed by atoms with van der Waals surface area (Å²) in [6.07, 6.45) is 4.02. The van der Waals surface area contributed by atoms with Crippen LogP contribution in [0.15, 0.2) is 10.8 Å². The zero-order valence-electron chi connectivity index (χ0n) is 12.4. The van der Waals surface area contributed by atoms with E-state index in [1.54, 1.807) is 6.39 Å². The molecule has 1 aromatic heterocycles. The van der Waals surface area contributed by atoms with Gasteiger partial charge < -0.3 is 14.1 Å². The summed E-state index contributed by atoms with van der Waals surface area (Å²) in [4.78, 5) is 9.38. The van der Waals surface area contributed by atoms with Crippen molar-refractivity contribution in [2.45, 2.75) is 26.3 Å². The molecule has 0 amide bonds. The first-order valence-corrected chi connectivity index (χ1v) is 7.72. The highest BCUT2D eigenvalue weighted by Gasteiger charge is 2.22. The van der Waals surface area contributed by atoms with Crippen molar-refractivity contribution in [3.8, 4) is 0 Å². The first-order chi connectivity index (χ1) is 9.81. The molecule has 2 fully saturated rings. The van der Waals surface area contributed by atoms with Crippen molar-refractivity contribution in [2.24, 2.45) is 5.92 Å². The summed E-state index contributed by atoms with van der Waals surface area (Å²) in [5, 5.41) is 0. The monoisotopic (exact) mass is 279 g/mol. The van der Waals surface area contributed by atoms with Gasteiger partial charge in [-0.05, 0) is 25.7 Å². The van der Waals surface area contributed by atoms with Gasteiger partial charge in [-0.25, -0.2) is 4.98 Å². The van der Waals surface area contributed by atoms with Gasteiger partial charge in [0, 0.05) is 52.5 Å². The Morgan fingerprint density at radius 1 is 1.15 bits per heavy atom. The Labute approximate surface area is 120 Å². The van der Waals surface area contributed by atoms with Crippen LogP contribution in [0, 0.1) is 12.8 Å². The fraction of sp³-hybridized carbons (Fsp3) is 0.800. The average Bonchev–Trinajstić information content (AvgIpc) is 2.88. The molecule has 20 heavy (non-hydrogen) atoms. The molecule has 0 atom stereocenters. The Hall–Kier alpha value is -0.910. The smallest absolute Gasteiger partial charge is 0.181 e. The molecule has 2 aliphatic heterocycles. The number of aryl methyl sites for hydroxylation is 1. The Bertz CT molecular complexity index is 407. The molecule has 2 aliphatic rings. The number of piperazine rings is 1. The molecule has 3 rings (SSSR count). The summed E-state index contributed by atoms with van der Waals surface area (Å²) >= 11 is 0. The van der Waals surface area contributed by atoms with Crippen LogP contribution in [-0.2, 0) is 11.3 Å². The Balaban J connectivity index is 1.41. The minimum atomic E-state index is 0.841. The predicted molar refractivity (Wildman–Crippen MR) is 76.5 cm³/mol. The van der Waals surface area contributed by atoms with Gasteiger partial charge in [-0.15, -0.1) is 0 Å². The lowest BCUT2D eigenvalue weighted by Gasteiger charge is -2.37. The second kappa shape index (κ2) is 6.70. The molecule has 0 unspecified atom stereocenters. The van der Waals surface area contributed by atoms with Gasteiger partial charge in [0.15, 0.2) is 6.39 Å². The largest absolute Gasteiger partial charge is 0.448 e. The number of oxazole rings is 1. The van der Waals surface area contributed by atoms with E-state index in [1.807, 2.05) is 6.92 Å². The summed E-state index contributed by atoms with van der Waals surface area (Å²) in [7, 11) is 0. The van der Waals surface area contributed by atoms with Crippen molar-refractivity contribution >= 4 is 0 Å². The highest BCUT2D eigenvalue weighted by atomic mass is 16.5. The normalized spacial score (nSPS) is 23.2. The highest BCUT2D eigenvalue weighted by molar-refractivity contribution is 5.04. The summed E-state index contributed by atoms with van der Waals surface area (Å²) in [6.45, 7) is 10.7. The van der Waals surface area contributed by atoms with Crippen molar-refractivity contribution in [1.82, 2.24) is 14.8 Å². The molecule has 0 N–H and O–H groups in total. The maximum Gasteiger partial charge on any atom is 0.181 e. The Morgan fingerprint density at radius 2 is 1.85 bits per heavy atom. The van der Waals surface area contributed by atoms with E-state index in [9.17, 15) is 0 Å². The van der Waals surface area contributed by atoms with Gasteiger partial charge in [0.1, 0.15) is 5.76 Å². The Kier molecular flexibility index (Phi) is 4.70. The second-order valence-corrected chi connectivity index (χ2v) is 5.99. The zero-order chi connectivity index (χ0) is 13.8. The van der Waals surface area contributed by atoms with E-state index in [1.165, 1.54) is 32.5 Å². The maximum atomic E-state index is 5.43. The van der Waals surface area contributed by atoms with Crippen LogP contribution in [0.4, 0.5) is 0 Å². The average molecular weight is 279 g/mol. The van der Waals surface area contributed by atoms with Gasteiger partial charge in [-0.1, -0.05) is 0 Å². The van der Waals surface area contributed by atoms with Gasteiger partial charge in [0.2, 0.25) is 0 Å². The number of nitrogens with zero attached hydrogens (tertiary/aromatic N) is 3. The summed E-state index contributed by atoms with van der Waals surface area (Å²) in [5.74, 6) is 1.79. The number of ether oxygens (including phenoxy) is 1. The molecule has 0 aromatic carbocycles. The lowest BCUT2D eigenvalue weighted by Crippen LogP contribution is -2.47. The van der Waals surface area contributed by atoms with E-state index in [2.05, 4.69) is 14.8 Å². The standard InChI is InChI=1S/C15H25N3O2/c1-13-15(16-12-20-13)11-18-6-4-17(5-7-18)10-14-2-8-19-9-3-14/h12,14H,2-11H2,1H3. The first kappa shape index (κ1) is 14.0. The second-order valence-electron chi connectivity index (χ2n) is 5.99. The van der Waals surface area contributed by atoms with Gasteiger partial charge in [-0.2, -0.15) is 0 Å². The summed E-state index contributed by atoms with van der Waals surface area (Å²) < 4.78 is 10.7. The molecule has 112 valence electrons. The quantitative estimate of drug-likeness (QED) is 0.836. The van der Waals surface area contributed by atoms with Crippen LogP contribution < -0.4 is 0 Å². The molecule has 2 saturated heterocycles. The van der Waals surface area contributed by atoms with Crippen molar-refractivity contribution in [3.05, 3.63) is 17.8 Å². The van der Waals surface area contributed by atoms with Crippen molar-refractivity contribution in [1.29, 1.82) is 0 Å². The lowest BCUT2D eigenvalue weighted by atomic mass is 9.99. The number of aromatic nitrogens is 1. The molecule has 0 aliphatic carbocycles. The van der Waals surface area contributed by atoms with E-state index in [0.717, 1.165) is 50.2 Å². The van der Waals surface area contributed by atoms with Gasteiger partial charge in [0.25, 0.3) is 0 Å². The minimum absolute atomic E-state index is 0.841. The van der Waals surface area contributed by atoms with Crippen LogP contribution in [0.1, 0.15) is 24.3 Å². The number of rotatable bonds is 4. The van der Waals surface area contributed by atoms with Crippen LogP contribution in [0.5, 0.6) is 0 Å². The van der Waals surface area contributed by atoms with Gasteiger partial charge >= 0.3 is 0 Å². The molecule has 0 radical (unpaired) electrons. The lowest BCUT2D eigenvalue weighted by molar-refractivity contribution is 0.0413. The molecule has 3 heterocycles. The fourth-order valence-electron chi connectivity index (χ4n) is 3.12. The topological polar surface area (TPSA) is 41.7 Å². The molecule has 0 bridgehead atoms. The molecular formula is C15H25N3O2. The van der Waals surface area contributed by atoms with Crippen molar-refractivity contribution in [2.75, 3.05) is 45.9 Å². The SMILES string of the molecule is Cc1ocnc1CN1CCN(CC2CCOCC2)CC1. The maximum absolute atomic E-state index is 5.43. The molecular weight excluding hydrogens is 254 g/mol. The van der Waals surface area contributed by atoms with Crippen LogP contribution in [-0.4, -0.2) is 60.7 Å². The Morgan fingerprint density at radius 3 is 2.50 bits per heavy atom. The van der Waals surface area contributed by atoms with E-state index in [0.29, 0.717) is 0 Å². The van der Waals surface area contributed by atoms with E-state index < -0.39 is 0 Å². The minimum Gasteiger partial charge on any atom is -0.448 e. The third-order valence-corrected chi connectivity index (χ3v) is 4.54. The fourth-order valence-corrected chi connectivity index (χ4v) is 3.12. The van der Waals surface area contributed by atoms with Crippen LogP contribution in [0.2, 0.25) is 0 Å². The predicted octanol–water partition coefficient (Wildman–Crippen LogP) is 1.53. The molecule has 5 nitrogen and oxygen atoms in total. The third-order valence-electron chi connectivity index (χ3n) is 4.54. The van der Waals surface area contributed by atoms with Crippen molar-refractivity contribution < 1.29 is 9.15 Å². The van der Waals surface area contributed by atoms with E-state index in [-0.39, 0.29) is 0 Å². The molecule has 0 saturated carbocycles. The van der Waals surface area contributed by atoms with Crippen LogP contribution in [0.3, 0.4) is 0 Å². The molecule has 5 heteroatoms. The third kappa shape index (κ3) is 3.59. The first-order valence-electron chi connectivity index (χ1n) is 7.72. The van der Waals surface area contributed by atoms with Crippen molar-refractivity contribution in [3.63, 3.8) is 0 Å². The van der Waals surface area contributed by atoms with Crippen LogP contribution in [0.25, 0.3) is 0 Å². The van der Waals surface area contributed by atoms with E-state index >= 15 is 0 Å². The van der Waals surface area contributed by atoms with E-state index in [4.69, 9.17) is 9.15 Å². The van der Waals surface area contributed by atoms with Gasteiger partial charge in [-0.3, -0.25) is 4.90 Å². The molecule has 0 spiro atoms.